The first-order valence-corrected chi connectivity index (χ1v) is 3.99. The summed E-state index contributed by atoms with van der Waals surface area (Å²) in [6, 6.07) is 0. The smallest absolute Gasteiger partial charge is 0.153 e. The number of aldehydes is 1. The van der Waals surface area contributed by atoms with Crippen LogP contribution >= 0.6 is 15.9 Å². The Balaban J connectivity index is 2.54. The van der Waals surface area contributed by atoms with Gasteiger partial charge in [-0.25, -0.2) is 0 Å². The summed E-state index contributed by atoms with van der Waals surface area (Å²) in [6.07, 6.45) is 4.06. The second-order valence-corrected chi connectivity index (χ2v) is 2.52. The molecule has 54 valence electrons. The van der Waals surface area contributed by atoms with E-state index in [4.69, 9.17) is 0 Å². The van der Waals surface area contributed by atoms with Gasteiger partial charge in [-0.2, -0.15) is 0 Å². The van der Waals surface area contributed by atoms with Gasteiger partial charge in [0.15, 0.2) is 6.29 Å². The number of aliphatic imine (C=N–C) groups is 1. The van der Waals surface area contributed by atoms with Crippen LogP contribution in [0.25, 0.3) is 0 Å². The van der Waals surface area contributed by atoms with E-state index >= 15 is 0 Å². The van der Waals surface area contributed by atoms with Crippen molar-refractivity contribution >= 4 is 28.4 Å². The molecular formula is C6H7BrN2O. The zero-order valence-corrected chi connectivity index (χ0v) is 6.84. The number of nitrogens with zero attached hydrogens (tertiary/aromatic N) is 1. The summed E-state index contributed by atoms with van der Waals surface area (Å²) in [4.78, 5) is 14.2. The van der Waals surface area contributed by atoms with E-state index in [1.807, 2.05) is 0 Å². The molecule has 0 aromatic heterocycles. The lowest BCUT2D eigenvalue weighted by molar-refractivity contribution is -0.104. The predicted octanol–water partition coefficient (Wildman–Crippen LogP) is 0.464. The fourth-order valence-electron chi connectivity index (χ4n) is 0.598. The second kappa shape index (κ2) is 3.51. The van der Waals surface area contributed by atoms with E-state index in [2.05, 4.69) is 26.2 Å². The van der Waals surface area contributed by atoms with Crippen LogP contribution in [0.3, 0.4) is 0 Å². The lowest BCUT2D eigenvalue weighted by Gasteiger charge is -2.12. The van der Waals surface area contributed by atoms with E-state index in [0.717, 1.165) is 11.6 Å². The molecule has 0 aromatic carbocycles. The van der Waals surface area contributed by atoms with E-state index in [-0.39, 0.29) is 6.17 Å². The van der Waals surface area contributed by atoms with Crippen LogP contribution in [0.2, 0.25) is 0 Å². The molecule has 4 heteroatoms. The molecular weight excluding hydrogens is 196 g/mol. The molecule has 0 spiro atoms. The summed E-state index contributed by atoms with van der Waals surface area (Å²) in [5.41, 5.74) is 0.581. The average molecular weight is 203 g/mol. The van der Waals surface area contributed by atoms with Gasteiger partial charge >= 0.3 is 0 Å². The third-order valence-corrected chi connectivity index (χ3v) is 1.74. The van der Waals surface area contributed by atoms with Crippen molar-refractivity contribution in [3.8, 4) is 0 Å². The van der Waals surface area contributed by atoms with Crippen LogP contribution < -0.4 is 5.32 Å². The first kappa shape index (κ1) is 7.47. The number of hydrogen-bond acceptors (Lipinski definition) is 3. The highest BCUT2D eigenvalue weighted by Crippen LogP contribution is 1.98. The SMILES string of the molecule is O=CC1=CNC(CBr)N=C1. The van der Waals surface area contributed by atoms with Gasteiger partial charge in [-0.1, -0.05) is 15.9 Å². The summed E-state index contributed by atoms with van der Waals surface area (Å²) in [5.74, 6) is 0. The maximum absolute atomic E-state index is 10.1. The Morgan fingerprint density at radius 2 is 2.70 bits per heavy atom. The quantitative estimate of drug-likeness (QED) is 0.523. The molecule has 1 heterocycles. The van der Waals surface area contributed by atoms with E-state index in [1.165, 1.54) is 0 Å². The molecule has 0 aromatic rings. The van der Waals surface area contributed by atoms with Crippen LogP contribution in [0, 0.1) is 0 Å². The number of nitrogens with one attached hydrogen (secondary N) is 1. The minimum atomic E-state index is 0.0729. The molecule has 3 nitrogen and oxygen atoms in total. The van der Waals surface area contributed by atoms with E-state index < -0.39 is 0 Å². The highest BCUT2D eigenvalue weighted by molar-refractivity contribution is 9.09. The Morgan fingerprint density at radius 1 is 1.90 bits per heavy atom. The van der Waals surface area contributed by atoms with Crippen LogP contribution in [0.1, 0.15) is 0 Å². The molecule has 0 saturated heterocycles. The monoisotopic (exact) mass is 202 g/mol. The number of halogens is 1. The van der Waals surface area contributed by atoms with Crippen molar-refractivity contribution in [2.45, 2.75) is 6.17 Å². The van der Waals surface area contributed by atoms with Crippen molar-refractivity contribution in [1.29, 1.82) is 0 Å². The van der Waals surface area contributed by atoms with Crippen molar-refractivity contribution in [2.75, 3.05) is 5.33 Å². The maximum atomic E-state index is 10.1. The standard InChI is InChI=1S/C6H7BrN2O/c7-1-6-8-2-5(4-10)3-9-6/h2-4,6,8H,1H2. The molecule has 0 fully saturated rings. The molecule has 0 saturated carbocycles. The van der Waals surface area contributed by atoms with Gasteiger partial charge in [-0.3, -0.25) is 9.79 Å². The molecule has 1 aliphatic heterocycles. The second-order valence-electron chi connectivity index (χ2n) is 1.88. The number of alkyl halides is 1. The Morgan fingerprint density at radius 3 is 3.10 bits per heavy atom. The number of hydrogen-bond donors (Lipinski definition) is 1. The van der Waals surface area contributed by atoms with Gasteiger partial charge in [0.25, 0.3) is 0 Å². The molecule has 1 unspecified atom stereocenters. The zero-order valence-electron chi connectivity index (χ0n) is 5.25. The molecule has 1 aliphatic rings. The first-order chi connectivity index (χ1) is 4.86. The van der Waals surface area contributed by atoms with Gasteiger partial charge in [0.1, 0.15) is 6.17 Å². The van der Waals surface area contributed by atoms with Crippen molar-refractivity contribution < 1.29 is 4.79 Å². The van der Waals surface area contributed by atoms with E-state index in [9.17, 15) is 4.79 Å². The predicted molar refractivity (Wildman–Crippen MR) is 43.4 cm³/mol. The van der Waals surface area contributed by atoms with E-state index in [0.29, 0.717) is 5.57 Å². The number of rotatable bonds is 2. The number of carbonyl (C=O) groups is 1. The maximum Gasteiger partial charge on any atom is 0.153 e. The van der Waals surface area contributed by atoms with Gasteiger partial charge < -0.3 is 5.32 Å². The van der Waals surface area contributed by atoms with Crippen LogP contribution in [-0.2, 0) is 4.79 Å². The van der Waals surface area contributed by atoms with Crippen LogP contribution in [-0.4, -0.2) is 24.0 Å². The van der Waals surface area contributed by atoms with Crippen molar-refractivity contribution in [1.82, 2.24) is 5.32 Å². The topological polar surface area (TPSA) is 41.5 Å². The van der Waals surface area contributed by atoms with Gasteiger partial charge in [0.05, 0.1) is 0 Å². The third kappa shape index (κ3) is 1.67. The minimum Gasteiger partial charge on any atom is -0.368 e. The third-order valence-electron chi connectivity index (χ3n) is 1.13. The zero-order chi connectivity index (χ0) is 7.40. The summed E-state index contributed by atoms with van der Waals surface area (Å²) in [5, 5.41) is 3.69. The fourth-order valence-corrected chi connectivity index (χ4v) is 0.952. The lowest BCUT2D eigenvalue weighted by Crippen LogP contribution is -2.27. The normalized spacial score (nSPS) is 23.3. The summed E-state index contributed by atoms with van der Waals surface area (Å²) >= 11 is 3.26. The van der Waals surface area contributed by atoms with Crippen molar-refractivity contribution in [2.24, 2.45) is 4.99 Å². The molecule has 0 radical (unpaired) electrons. The van der Waals surface area contributed by atoms with Crippen molar-refractivity contribution in [3.63, 3.8) is 0 Å². The van der Waals surface area contributed by atoms with Crippen LogP contribution in [0.5, 0.6) is 0 Å². The Bertz CT molecular complexity index is 188. The van der Waals surface area contributed by atoms with E-state index in [1.54, 1.807) is 12.4 Å². The molecule has 10 heavy (non-hydrogen) atoms. The van der Waals surface area contributed by atoms with Gasteiger partial charge in [-0.15, -0.1) is 0 Å². The molecule has 1 rings (SSSR count). The molecule has 0 bridgehead atoms. The van der Waals surface area contributed by atoms with Gasteiger partial charge in [-0.05, 0) is 0 Å². The summed E-state index contributed by atoms with van der Waals surface area (Å²) in [7, 11) is 0. The Kier molecular flexibility index (Phi) is 2.62. The molecule has 0 amide bonds. The number of allylic oxidation sites excluding steroid dienone is 1. The van der Waals surface area contributed by atoms with Gasteiger partial charge in [0.2, 0.25) is 0 Å². The Hall–Kier alpha value is -0.640. The lowest BCUT2D eigenvalue weighted by atomic mass is 10.3. The minimum absolute atomic E-state index is 0.0729. The highest BCUT2D eigenvalue weighted by Gasteiger charge is 2.04. The Labute approximate surface area is 67.3 Å². The first-order valence-electron chi connectivity index (χ1n) is 2.87. The highest BCUT2D eigenvalue weighted by atomic mass is 79.9. The number of carbonyl (C=O) groups excluding carboxylic acids is 1. The molecule has 1 atom stereocenters. The molecule has 0 aliphatic carbocycles. The van der Waals surface area contributed by atoms with Crippen LogP contribution in [0.15, 0.2) is 16.8 Å². The largest absolute Gasteiger partial charge is 0.368 e. The van der Waals surface area contributed by atoms with Crippen LogP contribution in [0.4, 0.5) is 0 Å². The van der Waals surface area contributed by atoms with Crippen molar-refractivity contribution in [3.05, 3.63) is 11.8 Å². The summed E-state index contributed by atoms with van der Waals surface area (Å²) < 4.78 is 0. The summed E-state index contributed by atoms with van der Waals surface area (Å²) in [6.45, 7) is 0. The molecule has 1 N–H and O–H groups in total. The average Bonchev–Trinajstić information content (AvgIpc) is 2.05. The fraction of sp³-hybridized carbons (Fsp3) is 0.333. The van der Waals surface area contributed by atoms with Gasteiger partial charge in [0, 0.05) is 23.3 Å².